The Labute approximate surface area is 118 Å². The fourth-order valence-electron chi connectivity index (χ4n) is 1.38. The third kappa shape index (κ3) is 3.61. The van der Waals surface area contributed by atoms with Gasteiger partial charge in [-0.2, -0.15) is 0 Å². The van der Waals surface area contributed by atoms with Crippen molar-refractivity contribution in [3.8, 4) is 0 Å². The smallest absolute Gasteiger partial charge is 0.240 e. The van der Waals surface area contributed by atoms with Crippen LogP contribution in [0.1, 0.15) is 13.8 Å². The van der Waals surface area contributed by atoms with Gasteiger partial charge in [0.2, 0.25) is 15.9 Å². The molecule has 0 radical (unpaired) electrons. The Morgan fingerprint density at radius 2 is 1.95 bits per heavy atom. The minimum Gasteiger partial charge on any atom is -0.397 e. The largest absolute Gasteiger partial charge is 0.397 e. The molecule has 0 atom stereocenters. The average Bonchev–Trinajstić information content (AvgIpc) is 2.37. The SMILES string of the molecule is CNS(=O)(=O)c1ccc(N)c(NCC(C)(C)C(N)=O)c1. The lowest BCUT2D eigenvalue weighted by Gasteiger charge is -2.22. The first-order valence-electron chi connectivity index (χ1n) is 5.97. The number of hydrogen-bond donors (Lipinski definition) is 4. The summed E-state index contributed by atoms with van der Waals surface area (Å²) in [6.07, 6.45) is 0. The van der Waals surface area contributed by atoms with Crippen molar-refractivity contribution >= 4 is 27.3 Å². The molecule has 0 spiro atoms. The lowest BCUT2D eigenvalue weighted by Crippen LogP contribution is -2.37. The highest BCUT2D eigenvalue weighted by Gasteiger charge is 2.25. The van der Waals surface area contributed by atoms with E-state index in [0.717, 1.165) is 0 Å². The summed E-state index contributed by atoms with van der Waals surface area (Å²) in [5.41, 5.74) is 11.1. The van der Waals surface area contributed by atoms with Gasteiger partial charge in [0.15, 0.2) is 0 Å². The molecule has 6 N–H and O–H groups in total. The maximum absolute atomic E-state index is 11.7. The molecule has 7 nitrogen and oxygen atoms in total. The van der Waals surface area contributed by atoms with Gasteiger partial charge in [-0.25, -0.2) is 13.1 Å². The standard InChI is InChI=1S/C12H20N4O3S/c1-12(2,11(14)17)7-16-10-6-8(4-5-9(10)13)20(18,19)15-3/h4-6,15-16H,7,13H2,1-3H3,(H2,14,17). The Balaban J connectivity index is 3.02. The fourth-order valence-corrected chi connectivity index (χ4v) is 2.13. The van der Waals surface area contributed by atoms with E-state index in [1.54, 1.807) is 13.8 Å². The van der Waals surface area contributed by atoms with Crippen LogP contribution in [0.2, 0.25) is 0 Å². The minimum atomic E-state index is -3.54. The molecule has 0 heterocycles. The summed E-state index contributed by atoms with van der Waals surface area (Å²) in [7, 11) is -2.22. The Morgan fingerprint density at radius 3 is 2.45 bits per heavy atom. The van der Waals surface area contributed by atoms with Crippen LogP contribution in [0.15, 0.2) is 23.1 Å². The zero-order valence-corrected chi connectivity index (χ0v) is 12.5. The van der Waals surface area contributed by atoms with E-state index in [4.69, 9.17) is 11.5 Å². The molecule has 0 bridgehead atoms. The first-order chi connectivity index (χ1) is 9.10. The van der Waals surface area contributed by atoms with Crippen LogP contribution in [0.4, 0.5) is 11.4 Å². The Hall–Kier alpha value is -1.80. The van der Waals surface area contributed by atoms with Gasteiger partial charge in [0.1, 0.15) is 0 Å². The lowest BCUT2D eigenvalue weighted by molar-refractivity contribution is -0.125. The van der Waals surface area contributed by atoms with Gasteiger partial charge in [-0.05, 0) is 39.1 Å². The highest BCUT2D eigenvalue weighted by molar-refractivity contribution is 7.89. The third-order valence-electron chi connectivity index (χ3n) is 2.99. The first kappa shape index (κ1) is 16.3. The number of nitrogens with two attached hydrogens (primary N) is 2. The number of carbonyl (C=O) groups excluding carboxylic acids is 1. The van der Waals surface area contributed by atoms with Crippen molar-refractivity contribution in [3.05, 3.63) is 18.2 Å². The monoisotopic (exact) mass is 300 g/mol. The quantitative estimate of drug-likeness (QED) is 0.554. The van der Waals surface area contributed by atoms with E-state index in [9.17, 15) is 13.2 Å². The number of nitrogen functional groups attached to an aromatic ring is 1. The molecule has 0 fully saturated rings. The van der Waals surface area contributed by atoms with Crippen LogP contribution in [-0.4, -0.2) is 27.9 Å². The highest BCUT2D eigenvalue weighted by Crippen LogP contribution is 2.24. The summed E-state index contributed by atoms with van der Waals surface area (Å²) in [4.78, 5) is 11.3. The lowest BCUT2D eigenvalue weighted by atomic mass is 9.92. The van der Waals surface area contributed by atoms with Crippen LogP contribution in [0.3, 0.4) is 0 Å². The summed E-state index contributed by atoms with van der Waals surface area (Å²) in [5, 5.41) is 2.95. The molecule has 0 aliphatic rings. The van der Waals surface area contributed by atoms with E-state index < -0.39 is 21.3 Å². The van der Waals surface area contributed by atoms with Gasteiger partial charge in [0.05, 0.1) is 21.7 Å². The van der Waals surface area contributed by atoms with Crippen molar-refractivity contribution in [1.82, 2.24) is 4.72 Å². The summed E-state index contributed by atoms with van der Waals surface area (Å²) >= 11 is 0. The van der Waals surface area contributed by atoms with Gasteiger partial charge in [-0.15, -0.1) is 0 Å². The molecule has 0 aliphatic heterocycles. The number of rotatable bonds is 6. The van der Waals surface area contributed by atoms with Gasteiger partial charge in [0.25, 0.3) is 0 Å². The number of primary amides is 1. The zero-order valence-electron chi connectivity index (χ0n) is 11.7. The maximum Gasteiger partial charge on any atom is 0.240 e. The highest BCUT2D eigenvalue weighted by atomic mass is 32.2. The number of sulfonamides is 1. The Morgan fingerprint density at radius 1 is 1.35 bits per heavy atom. The molecule has 20 heavy (non-hydrogen) atoms. The summed E-state index contributed by atoms with van der Waals surface area (Å²) in [6.45, 7) is 3.62. The predicted octanol–water partition coefficient (Wildman–Crippen LogP) is 0.100. The van der Waals surface area contributed by atoms with Crippen LogP contribution in [0.25, 0.3) is 0 Å². The summed E-state index contributed by atoms with van der Waals surface area (Å²) < 4.78 is 25.7. The van der Waals surface area contributed by atoms with E-state index >= 15 is 0 Å². The topological polar surface area (TPSA) is 127 Å². The number of hydrogen-bond acceptors (Lipinski definition) is 5. The molecule has 0 unspecified atom stereocenters. The third-order valence-corrected chi connectivity index (χ3v) is 4.40. The molecule has 0 saturated heterocycles. The molecule has 8 heteroatoms. The molecule has 112 valence electrons. The second-order valence-corrected chi connectivity index (χ2v) is 6.94. The molecular formula is C12H20N4O3S. The van der Waals surface area contributed by atoms with E-state index in [1.165, 1.54) is 25.2 Å². The maximum atomic E-state index is 11.7. The van der Waals surface area contributed by atoms with Crippen molar-refractivity contribution in [3.63, 3.8) is 0 Å². The minimum absolute atomic E-state index is 0.0913. The van der Waals surface area contributed by atoms with E-state index in [0.29, 0.717) is 11.4 Å². The molecule has 0 aromatic heterocycles. The van der Waals surface area contributed by atoms with Gasteiger partial charge in [-0.3, -0.25) is 4.79 Å². The average molecular weight is 300 g/mol. The van der Waals surface area contributed by atoms with Crippen LogP contribution < -0.4 is 21.5 Å². The van der Waals surface area contributed by atoms with Crippen LogP contribution in [0, 0.1) is 5.41 Å². The zero-order chi connectivity index (χ0) is 15.6. The number of nitrogens with one attached hydrogen (secondary N) is 2. The van der Waals surface area contributed by atoms with Crippen molar-refractivity contribution < 1.29 is 13.2 Å². The van der Waals surface area contributed by atoms with Gasteiger partial charge < -0.3 is 16.8 Å². The van der Waals surface area contributed by atoms with Crippen molar-refractivity contribution in [2.75, 3.05) is 24.6 Å². The van der Waals surface area contributed by atoms with Crippen LogP contribution in [0.5, 0.6) is 0 Å². The van der Waals surface area contributed by atoms with Gasteiger partial charge >= 0.3 is 0 Å². The first-order valence-corrected chi connectivity index (χ1v) is 7.45. The molecule has 0 saturated carbocycles. The number of amides is 1. The van der Waals surface area contributed by atoms with Gasteiger partial charge in [0, 0.05) is 6.54 Å². The Kier molecular flexibility index (Phi) is 4.61. The normalized spacial score (nSPS) is 12.2. The molecule has 1 amide bonds. The van der Waals surface area contributed by atoms with E-state index in [-0.39, 0.29) is 11.4 Å². The van der Waals surface area contributed by atoms with Crippen LogP contribution >= 0.6 is 0 Å². The van der Waals surface area contributed by atoms with E-state index in [1.807, 2.05) is 0 Å². The number of benzene rings is 1. The second-order valence-electron chi connectivity index (χ2n) is 5.06. The van der Waals surface area contributed by atoms with E-state index in [2.05, 4.69) is 10.0 Å². The van der Waals surface area contributed by atoms with Gasteiger partial charge in [-0.1, -0.05) is 0 Å². The number of carbonyl (C=O) groups is 1. The van der Waals surface area contributed by atoms with Crippen molar-refractivity contribution in [2.24, 2.45) is 11.1 Å². The molecule has 0 aliphatic carbocycles. The Bertz CT molecular complexity index is 611. The summed E-state index contributed by atoms with van der Waals surface area (Å²) in [5.74, 6) is -0.456. The molecule has 1 aromatic carbocycles. The van der Waals surface area contributed by atoms with Crippen molar-refractivity contribution in [2.45, 2.75) is 18.7 Å². The van der Waals surface area contributed by atoms with Crippen molar-refractivity contribution in [1.29, 1.82) is 0 Å². The molecular weight excluding hydrogens is 280 g/mol. The fraction of sp³-hybridized carbons (Fsp3) is 0.417. The van der Waals surface area contributed by atoms with Crippen LogP contribution in [-0.2, 0) is 14.8 Å². The summed E-state index contributed by atoms with van der Waals surface area (Å²) in [6, 6.07) is 4.31. The second kappa shape index (κ2) is 5.68. The molecule has 1 aromatic rings. The number of anilines is 2. The molecule has 1 rings (SSSR count). The predicted molar refractivity (Wildman–Crippen MR) is 78.6 cm³/mol.